The minimum atomic E-state index is -0.898. The molecule has 0 aliphatic carbocycles. The first kappa shape index (κ1) is 19.8. The second-order valence-corrected chi connectivity index (χ2v) is 6.72. The quantitative estimate of drug-likeness (QED) is 0.696. The lowest BCUT2D eigenvalue weighted by atomic mass is 10.1. The number of aromatic nitrogens is 1. The molecule has 1 aromatic heterocycles. The summed E-state index contributed by atoms with van der Waals surface area (Å²) < 4.78 is 4.90. The summed E-state index contributed by atoms with van der Waals surface area (Å²) in [6.45, 7) is 3.15. The highest BCUT2D eigenvalue weighted by Gasteiger charge is 2.20. The first-order chi connectivity index (χ1) is 11.7. The van der Waals surface area contributed by atoms with Crippen molar-refractivity contribution in [3.8, 4) is 0 Å². The van der Waals surface area contributed by atoms with E-state index in [1.165, 1.54) is 6.20 Å². The predicted octanol–water partition coefficient (Wildman–Crippen LogP) is 5.11. The summed E-state index contributed by atoms with van der Waals surface area (Å²) in [5.41, 5.74) is 1.98. The smallest absolute Gasteiger partial charge is 0.359 e. The van der Waals surface area contributed by atoms with E-state index in [1.807, 2.05) is 13.0 Å². The molecule has 0 fully saturated rings. The van der Waals surface area contributed by atoms with E-state index in [2.05, 4.69) is 10.3 Å². The number of esters is 1. The van der Waals surface area contributed by atoms with Crippen LogP contribution in [0.15, 0.2) is 18.3 Å². The summed E-state index contributed by atoms with van der Waals surface area (Å²) in [6.07, 6.45) is 1.17. The third kappa shape index (κ3) is 4.76. The number of hydrogen-bond acceptors (Lipinski definition) is 4. The molecular formula is C16H12Cl4N2O3. The van der Waals surface area contributed by atoms with Crippen molar-refractivity contribution >= 4 is 64.0 Å². The van der Waals surface area contributed by atoms with Crippen molar-refractivity contribution in [3.05, 3.63) is 55.2 Å². The Morgan fingerprint density at radius 1 is 1.08 bits per heavy atom. The number of rotatable bonds is 4. The van der Waals surface area contributed by atoms with Crippen LogP contribution in [-0.4, -0.2) is 23.5 Å². The molecule has 0 saturated heterocycles. The Hall–Kier alpha value is -1.53. The number of pyridine rings is 1. The summed E-state index contributed by atoms with van der Waals surface area (Å²) >= 11 is 23.6. The molecule has 0 spiro atoms. The lowest BCUT2D eigenvalue weighted by Crippen LogP contribution is -2.22. The molecule has 1 aromatic carbocycles. The molecule has 132 valence electrons. The lowest BCUT2D eigenvalue weighted by molar-refractivity contribution is -0.119. The Labute approximate surface area is 164 Å². The van der Waals surface area contributed by atoms with Crippen molar-refractivity contribution in [2.45, 2.75) is 13.8 Å². The average Bonchev–Trinajstić information content (AvgIpc) is 2.54. The number of aryl methyl sites for hydroxylation is 2. The average molecular weight is 422 g/mol. The van der Waals surface area contributed by atoms with Crippen LogP contribution in [0.1, 0.15) is 21.6 Å². The molecule has 0 bridgehead atoms. The number of benzene rings is 1. The first-order valence-corrected chi connectivity index (χ1v) is 8.45. The van der Waals surface area contributed by atoms with Crippen molar-refractivity contribution in [1.82, 2.24) is 4.98 Å². The van der Waals surface area contributed by atoms with Gasteiger partial charge < -0.3 is 10.1 Å². The van der Waals surface area contributed by atoms with E-state index in [0.717, 1.165) is 11.1 Å². The number of carbonyl (C=O) groups excluding carboxylic acids is 2. The van der Waals surface area contributed by atoms with Crippen LogP contribution in [0.2, 0.25) is 20.1 Å². The van der Waals surface area contributed by atoms with Gasteiger partial charge in [-0.15, -0.1) is 0 Å². The maximum Gasteiger partial charge on any atom is 0.359 e. The fraction of sp³-hybridized carbons (Fsp3) is 0.188. The molecule has 9 heteroatoms. The molecule has 1 N–H and O–H groups in total. The van der Waals surface area contributed by atoms with Crippen LogP contribution >= 0.6 is 46.4 Å². The molecule has 5 nitrogen and oxygen atoms in total. The Morgan fingerprint density at radius 3 is 2.40 bits per heavy atom. The number of ether oxygens (including phenoxy) is 1. The van der Waals surface area contributed by atoms with Crippen LogP contribution in [0.4, 0.5) is 5.69 Å². The van der Waals surface area contributed by atoms with E-state index in [9.17, 15) is 9.59 Å². The van der Waals surface area contributed by atoms with E-state index >= 15 is 0 Å². The van der Waals surface area contributed by atoms with Gasteiger partial charge in [0.1, 0.15) is 0 Å². The van der Waals surface area contributed by atoms with Crippen LogP contribution < -0.4 is 5.32 Å². The minimum absolute atomic E-state index is 0.0169. The largest absolute Gasteiger partial charge is 0.451 e. The zero-order chi connectivity index (χ0) is 18.7. The Morgan fingerprint density at radius 2 is 1.76 bits per heavy atom. The molecule has 1 amide bonds. The van der Waals surface area contributed by atoms with E-state index in [-0.39, 0.29) is 20.8 Å². The molecule has 0 unspecified atom stereocenters. The fourth-order valence-corrected chi connectivity index (χ4v) is 2.96. The van der Waals surface area contributed by atoms with Gasteiger partial charge in [-0.05, 0) is 31.0 Å². The molecule has 2 aromatic rings. The topological polar surface area (TPSA) is 68.3 Å². The number of halogens is 4. The van der Waals surface area contributed by atoms with E-state index in [0.29, 0.717) is 10.7 Å². The molecule has 1 heterocycles. The number of amides is 1. The molecule has 2 rings (SSSR count). The number of nitrogens with one attached hydrogen (secondary N) is 1. The van der Waals surface area contributed by atoms with Gasteiger partial charge in [0, 0.05) is 6.20 Å². The highest BCUT2D eigenvalue weighted by Crippen LogP contribution is 2.31. The summed E-state index contributed by atoms with van der Waals surface area (Å²) in [5, 5.41) is 2.94. The summed E-state index contributed by atoms with van der Waals surface area (Å²) in [7, 11) is 0. The first-order valence-electron chi connectivity index (χ1n) is 6.94. The third-order valence-corrected chi connectivity index (χ3v) is 4.68. The summed E-state index contributed by atoms with van der Waals surface area (Å²) in [6, 6.07) is 3.59. The monoisotopic (exact) mass is 420 g/mol. The van der Waals surface area contributed by atoms with E-state index in [4.69, 9.17) is 51.1 Å². The molecule has 0 atom stereocenters. The normalized spacial score (nSPS) is 10.5. The van der Waals surface area contributed by atoms with Gasteiger partial charge in [-0.3, -0.25) is 4.79 Å². The Balaban J connectivity index is 2.03. The maximum atomic E-state index is 12.0. The zero-order valence-electron chi connectivity index (χ0n) is 13.1. The minimum Gasteiger partial charge on any atom is -0.451 e. The second-order valence-electron chi connectivity index (χ2n) is 5.15. The predicted molar refractivity (Wildman–Crippen MR) is 99.1 cm³/mol. The number of carbonyl (C=O) groups is 2. The van der Waals surface area contributed by atoms with Gasteiger partial charge in [-0.1, -0.05) is 52.5 Å². The van der Waals surface area contributed by atoms with Gasteiger partial charge in [0.2, 0.25) is 0 Å². The highest BCUT2D eigenvalue weighted by atomic mass is 35.5. The summed E-state index contributed by atoms with van der Waals surface area (Å²) in [4.78, 5) is 27.7. The SMILES string of the molecule is Cc1cc(C)c(NC(=O)COC(=O)c2ncc(Cl)c(Cl)c2Cl)c(Cl)c1. The zero-order valence-corrected chi connectivity index (χ0v) is 16.1. The lowest BCUT2D eigenvalue weighted by Gasteiger charge is -2.12. The number of hydrogen-bond donors (Lipinski definition) is 1. The van der Waals surface area contributed by atoms with Gasteiger partial charge in [0.15, 0.2) is 12.3 Å². The van der Waals surface area contributed by atoms with E-state index in [1.54, 1.807) is 13.0 Å². The second kappa shape index (κ2) is 8.23. The fourth-order valence-electron chi connectivity index (χ4n) is 2.03. The van der Waals surface area contributed by atoms with Gasteiger partial charge in [0.25, 0.3) is 5.91 Å². The third-order valence-electron chi connectivity index (χ3n) is 3.14. The van der Waals surface area contributed by atoms with Gasteiger partial charge >= 0.3 is 5.97 Å². The van der Waals surface area contributed by atoms with Crippen molar-refractivity contribution in [2.75, 3.05) is 11.9 Å². The number of nitrogens with zero attached hydrogens (tertiary/aromatic N) is 1. The van der Waals surface area contributed by atoms with Gasteiger partial charge in [-0.2, -0.15) is 0 Å². The van der Waals surface area contributed by atoms with Crippen LogP contribution in [-0.2, 0) is 9.53 Å². The van der Waals surface area contributed by atoms with Crippen molar-refractivity contribution in [3.63, 3.8) is 0 Å². The van der Waals surface area contributed by atoms with Crippen molar-refractivity contribution < 1.29 is 14.3 Å². The molecule has 25 heavy (non-hydrogen) atoms. The molecular weight excluding hydrogens is 410 g/mol. The highest BCUT2D eigenvalue weighted by molar-refractivity contribution is 6.48. The molecule has 0 aliphatic rings. The molecule has 0 saturated carbocycles. The van der Waals surface area contributed by atoms with Crippen LogP contribution in [0.3, 0.4) is 0 Å². The molecule has 0 aliphatic heterocycles. The van der Waals surface area contributed by atoms with Gasteiger partial charge in [0.05, 0.1) is 25.8 Å². The van der Waals surface area contributed by atoms with Crippen molar-refractivity contribution in [1.29, 1.82) is 0 Å². The van der Waals surface area contributed by atoms with Crippen LogP contribution in [0, 0.1) is 13.8 Å². The van der Waals surface area contributed by atoms with Crippen molar-refractivity contribution in [2.24, 2.45) is 0 Å². The summed E-state index contributed by atoms with van der Waals surface area (Å²) in [5.74, 6) is -1.45. The Bertz CT molecular complexity index is 833. The maximum absolute atomic E-state index is 12.0. The van der Waals surface area contributed by atoms with Crippen LogP contribution in [0.5, 0.6) is 0 Å². The Kier molecular flexibility index (Phi) is 6.52. The molecule has 0 radical (unpaired) electrons. The van der Waals surface area contributed by atoms with E-state index < -0.39 is 18.5 Å². The van der Waals surface area contributed by atoms with Crippen LogP contribution in [0.25, 0.3) is 0 Å². The number of anilines is 1. The van der Waals surface area contributed by atoms with Gasteiger partial charge in [-0.25, -0.2) is 9.78 Å². The standard InChI is InChI=1S/C16H12Cl4N2O3/c1-7-3-8(2)14(9(17)4-7)22-11(23)6-25-16(24)15-13(20)12(19)10(18)5-21-15/h3-5H,6H2,1-2H3,(H,22,23).